The van der Waals surface area contributed by atoms with E-state index in [1.165, 1.54) is 17.0 Å². The molecular formula is C25H28ClNO6. The maximum atomic E-state index is 13.1. The van der Waals surface area contributed by atoms with Gasteiger partial charge in [0.05, 0.1) is 29.3 Å². The van der Waals surface area contributed by atoms with Crippen LogP contribution in [-0.4, -0.2) is 52.7 Å². The Morgan fingerprint density at radius 1 is 1.15 bits per heavy atom. The third kappa shape index (κ3) is 5.49. The number of ketones is 1. The number of phenolic OH excluding ortho intramolecular Hbond substituents is 1. The number of hydrogen-bond donors (Lipinski definition) is 2. The molecule has 7 nitrogen and oxygen atoms in total. The van der Waals surface area contributed by atoms with Gasteiger partial charge in [0.25, 0.3) is 11.7 Å². The first kappa shape index (κ1) is 24.6. The Balaban J connectivity index is 2.07. The minimum absolute atomic E-state index is 0.0491. The van der Waals surface area contributed by atoms with Crippen molar-refractivity contribution in [2.24, 2.45) is 0 Å². The van der Waals surface area contributed by atoms with Gasteiger partial charge in [0.15, 0.2) is 0 Å². The third-order valence-corrected chi connectivity index (χ3v) is 5.58. The average molecular weight is 474 g/mol. The van der Waals surface area contributed by atoms with Crippen LogP contribution in [0.1, 0.15) is 44.4 Å². The van der Waals surface area contributed by atoms with Crippen molar-refractivity contribution in [1.82, 2.24) is 4.90 Å². The first-order valence-electron chi connectivity index (χ1n) is 10.9. The van der Waals surface area contributed by atoms with Crippen LogP contribution in [0, 0.1) is 0 Å². The summed E-state index contributed by atoms with van der Waals surface area (Å²) >= 11 is 6.33. The van der Waals surface area contributed by atoms with Crippen molar-refractivity contribution in [2.45, 2.75) is 39.3 Å². The lowest BCUT2D eigenvalue weighted by Crippen LogP contribution is -2.31. The lowest BCUT2D eigenvalue weighted by atomic mass is 9.95. The number of aliphatic hydroxyl groups excluding tert-OH is 1. The van der Waals surface area contributed by atoms with E-state index in [-0.39, 0.29) is 40.3 Å². The highest BCUT2D eigenvalue weighted by Crippen LogP contribution is 2.41. The summed E-state index contributed by atoms with van der Waals surface area (Å²) in [5, 5.41) is 21.1. The smallest absolute Gasteiger partial charge is 0.295 e. The number of phenols is 1. The average Bonchev–Trinajstić information content (AvgIpc) is 3.03. The fourth-order valence-electron chi connectivity index (χ4n) is 3.76. The van der Waals surface area contributed by atoms with E-state index in [9.17, 15) is 19.8 Å². The maximum absolute atomic E-state index is 13.1. The first-order chi connectivity index (χ1) is 15.7. The Kier molecular flexibility index (Phi) is 8.00. The maximum Gasteiger partial charge on any atom is 0.295 e. The molecule has 176 valence electrons. The van der Waals surface area contributed by atoms with Crippen LogP contribution in [0.3, 0.4) is 0 Å². The minimum atomic E-state index is -0.837. The SMILES string of the molecule is CCOc1ccc(Cl)c(/C(O)=C2\C(=O)C(=O)N(CCCOC(C)C)C2c2ccc(O)cc2)c1. The number of hydrogen-bond acceptors (Lipinski definition) is 6. The number of amides is 1. The number of carbonyl (C=O) groups is 2. The summed E-state index contributed by atoms with van der Waals surface area (Å²) in [7, 11) is 0. The summed E-state index contributed by atoms with van der Waals surface area (Å²) < 4.78 is 11.1. The zero-order valence-electron chi connectivity index (χ0n) is 18.9. The number of nitrogens with zero attached hydrogens (tertiary/aromatic N) is 1. The number of aromatic hydroxyl groups is 1. The number of aliphatic hydroxyl groups is 1. The van der Waals surface area contributed by atoms with Crippen LogP contribution in [0.5, 0.6) is 11.5 Å². The molecule has 1 aliphatic heterocycles. The van der Waals surface area contributed by atoms with Gasteiger partial charge >= 0.3 is 0 Å². The van der Waals surface area contributed by atoms with Gasteiger partial charge in [0.2, 0.25) is 0 Å². The van der Waals surface area contributed by atoms with E-state index in [1.807, 2.05) is 20.8 Å². The predicted molar refractivity (Wildman–Crippen MR) is 125 cm³/mol. The Bertz CT molecular complexity index is 1050. The van der Waals surface area contributed by atoms with Gasteiger partial charge in [0, 0.05) is 18.7 Å². The van der Waals surface area contributed by atoms with E-state index in [4.69, 9.17) is 21.1 Å². The molecule has 1 amide bonds. The molecular weight excluding hydrogens is 446 g/mol. The molecule has 0 bridgehead atoms. The van der Waals surface area contributed by atoms with Crippen LogP contribution < -0.4 is 4.74 Å². The molecule has 1 aliphatic rings. The van der Waals surface area contributed by atoms with Crippen LogP contribution in [0.15, 0.2) is 48.0 Å². The van der Waals surface area contributed by atoms with Gasteiger partial charge in [0.1, 0.15) is 17.3 Å². The summed E-state index contributed by atoms with van der Waals surface area (Å²) in [6.45, 7) is 6.76. The van der Waals surface area contributed by atoms with E-state index in [2.05, 4.69) is 0 Å². The van der Waals surface area contributed by atoms with Crippen LogP contribution in [0.2, 0.25) is 5.02 Å². The van der Waals surface area contributed by atoms with Gasteiger partial charge in [-0.05, 0) is 63.1 Å². The molecule has 2 aromatic rings. The Morgan fingerprint density at radius 2 is 1.85 bits per heavy atom. The number of ether oxygens (including phenoxy) is 2. The Labute approximate surface area is 198 Å². The summed E-state index contributed by atoms with van der Waals surface area (Å²) in [6.07, 6.45) is 0.563. The summed E-state index contributed by atoms with van der Waals surface area (Å²) in [6, 6.07) is 10.1. The summed E-state index contributed by atoms with van der Waals surface area (Å²) in [5.41, 5.74) is 0.717. The molecule has 1 atom stereocenters. The zero-order valence-corrected chi connectivity index (χ0v) is 19.6. The van der Waals surface area contributed by atoms with Crippen molar-refractivity contribution in [2.75, 3.05) is 19.8 Å². The van der Waals surface area contributed by atoms with Crippen molar-refractivity contribution in [1.29, 1.82) is 0 Å². The summed E-state index contributed by atoms with van der Waals surface area (Å²) in [5.74, 6) is -1.36. The number of rotatable bonds is 9. The molecule has 1 fully saturated rings. The molecule has 0 radical (unpaired) electrons. The predicted octanol–water partition coefficient (Wildman–Crippen LogP) is 4.68. The monoisotopic (exact) mass is 473 g/mol. The molecule has 1 saturated heterocycles. The van der Waals surface area contributed by atoms with E-state index in [0.29, 0.717) is 30.9 Å². The Morgan fingerprint density at radius 3 is 2.48 bits per heavy atom. The van der Waals surface area contributed by atoms with Crippen LogP contribution in [-0.2, 0) is 14.3 Å². The third-order valence-electron chi connectivity index (χ3n) is 5.25. The number of benzene rings is 2. The van der Waals surface area contributed by atoms with Gasteiger partial charge in [-0.1, -0.05) is 23.7 Å². The van der Waals surface area contributed by atoms with Crippen molar-refractivity contribution in [3.05, 3.63) is 64.2 Å². The Hall–Kier alpha value is -3.03. The van der Waals surface area contributed by atoms with Crippen molar-refractivity contribution < 1.29 is 29.3 Å². The van der Waals surface area contributed by atoms with Crippen molar-refractivity contribution in [3.63, 3.8) is 0 Å². The minimum Gasteiger partial charge on any atom is -0.508 e. The fourth-order valence-corrected chi connectivity index (χ4v) is 3.96. The van der Waals surface area contributed by atoms with Crippen LogP contribution in [0.25, 0.3) is 5.76 Å². The van der Waals surface area contributed by atoms with Gasteiger partial charge in [-0.15, -0.1) is 0 Å². The molecule has 3 rings (SSSR count). The van der Waals surface area contributed by atoms with Crippen LogP contribution >= 0.6 is 11.6 Å². The molecule has 8 heteroatoms. The van der Waals surface area contributed by atoms with E-state index >= 15 is 0 Å². The number of Topliss-reactive ketones (excluding diaryl/α,β-unsaturated/α-hetero) is 1. The quantitative estimate of drug-likeness (QED) is 0.237. The van der Waals surface area contributed by atoms with E-state index in [1.54, 1.807) is 30.3 Å². The molecule has 0 spiro atoms. The van der Waals surface area contributed by atoms with Crippen LogP contribution in [0.4, 0.5) is 0 Å². The molecule has 0 aromatic heterocycles. The zero-order chi connectivity index (χ0) is 24.1. The van der Waals surface area contributed by atoms with Gasteiger partial charge < -0.3 is 24.6 Å². The van der Waals surface area contributed by atoms with Crippen molar-refractivity contribution in [3.8, 4) is 11.5 Å². The second-order valence-corrected chi connectivity index (χ2v) is 8.34. The molecule has 0 aliphatic carbocycles. The van der Waals surface area contributed by atoms with Crippen molar-refractivity contribution >= 4 is 29.1 Å². The highest BCUT2D eigenvalue weighted by atomic mass is 35.5. The molecule has 2 aromatic carbocycles. The lowest BCUT2D eigenvalue weighted by Gasteiger charge is -2.25. The normalized spacial score (nSPS) is 17.7. The number of halogens is 1. The summed E-state index contributed by atoms with van der Waals surface area (Å²) in [4.78, 5) is 27.5. The first-order valence-corrected chi connectivity index (χ1v) is 11.2. The second-order valence-electron chi connectivity index (χ2n) is 7.93. The molecule has 2 N–H and O–H groups in total. The lowest BCUT2D eigenvalue weighted by molar-refractivity contribution is -0.140. The van der Waals surface area contributed by atoms with Gasteiger partial charge in [-0.2, -0.15) is 0 Å². The standard InChI is InChI=1S/C25H28ClNO6/c1-4-32-18-10-11-20(26)19(14-18)23(29)21-22(16-6-8-17(28)9-7-16)27(25(31)24(21)30)12-5-13-33-15(2)3/h6-11,14-15,22,28-29H,4-5,12-13H2,1-3H3/b23-21+. The highest BCUT2D eigenvalue weighted by molar-refractivity contribution is 6.47. The highest BCUT2D eigenvalue weighted by Gasteiger charge is 2.46. The topological polar surface area (TPSA) is 96.3 Å². The number of likely N-dealkylation sites (tertiary alicyclic amines) is 1. The largest absolute Gasteiger partial charge is 0.508 e. The molecule has 1 heterocycles. The fraction of sp³-hybridized carbons (Fsp3) is 0.360. The molecule has 33 heavy (non-hydrogen) atoms. The second kappa shape index (κ2) is 10.7. The number of carbonyl (C=O) groups excluding carboxylic acids is 2. The van der Waals surface area contributed by atoms with Gasteiger partial charge in [-0.25, -0.2) is 0 Å². The molecule has 0 saturated carbocycles. The van der Waals surface area contributed by atoms with E-state index in [0.717, 1.165) is 0 Å². The molecule has 1 unspecified atom stereocenters. The van der Waals surface area contributed by atoms with E-state index < -0.39 is 17.7 Å². The van der Waals surface area contributed by atoms with Gasteiger partial charge in [-0.3, -0.25) is 9.59 Å².